The summed E-state index contributed by atoms with van der Waals surface area (Å²) in [7, 11) is 1.59. The zero-order chi connectivity index (χ0) is 11.4. The molecule has 1 aliphatic rings. The molecule has 0 radical (unpaired) electrons. The highest BCUT2D eigenvalue weighted by Crippen LogP contribution is 2.33. The molecule has 88 valence electrons. The number of methoxy groups -OCH3 is 1. The van der Waals surface area contributed by atoms with Crippen LogP contribution in [0.2, 0.25) is 0 Å². The normalized spacial score (nSPS) is 22.8. The molecule has 2 heterocycles. The topological polar surface area (TPSA) is 51.6 Å². The number of aliphatic hydroxyl groups excluding tert-OH is 1. The largest absolute Gasteiger partial charge is 0.495 e. The van der Waals surface area contributed by atoms with Crippen LogP contribution >= 0.6 is 0 Å². The van der Waals surface area contributed by atoms with Gasteiger partial charge in [0.2, 0.25) is 0 Å². The molecule has 0 amide bonds. The van der Waals surface area contributed by atoms with E-state index in [0.717, 1.165) is 25.0 Å². The number of pyridine rings is 1. The van der Waals surface area contributed by atoms with Gasteiger partial charge in [0, 0.05) is 24.3 Å². The maximum Gasteiger partial charge on any atom is 0.142 e. The van der Waals surface area contributed by atoms with Crippen LogP contribution in [0.4, 0.5) is 0 Å². The van der Waals surface area contributed by atoms with Crippen LogP contribution in [-0.4, -0.2) is 30.4 Å². The van der Waals surface area contributed by atoms with Crippen LogP contribution in [0.5, 0.6) is 5.75 Å². The number of hydrogen-bond donors (Lipinski definition) is 1. The zero-order valence-electron chi connectivity index (χ0n) is 9.43. The Balaban J connectivity index is 2.15. The van der Waals surface area contributed by atoms with Gasteiger partial charge in [0.15, 0.2) is 0 Å². The third-order valence-corrected chi connectivity index (χ3v) is 3.00. The fraction of sp³-hybridized carbons (Fsp3) is 0.583. The van der Waals surface area contributed by atoms with Gasteiger partial charge < -0.3 is 14.6 Å². The molecule has 2 unspecified atom stereocenters. The van der Waals surface area contributed by atoms with Gasteiger partial charge >= 0.3 is 0 Å². The highest BCUT2D eigenvalue weighted by molar-refractivity contribution is 5.32. The van der Waals surface area contributed by atoms with E-state index in [0.29, 0.717) is 12.4 Å². The Morgan fingerprint density at radius 2 is 2.50 bits per heavy atom. The van der Waals surface area contributed by atoms with Crippen molar-refractivity contribution < 1.29 is 14.6 Å². The fourth-order valence-corrected chi connectivity index (χ4v) is 2.07. The van der Waals surface area contributed by atoms with Crippen LogP contribution in [0.1, 0.15) is 24.5 Å². The Morgan fingerprint density at radius 3 is 3.19 bits per heavy atom. The summed E-state index contributed by atoms with van der Waals surface area (Å²) in [4.78, 5) is 3.98. The van der Waals surface area contributed by atoms with Crippen molar-refractivity contribution in [3.8, 4) is 5.75 Å². The molecule has 1 saturated heterocycles. The Morgan fingerprint density at radius 1 is 1.62 bits per heavy atom. The first-order valence-corrected chi connectivity index (χ1v) is 5.56. The van der Waals surface area contributed by atoms with E-state index in [-0.39, 0.29) is 5.92 Å². The second kappa shape index (κ2) is 5.27. The van der Waals surface area contributed by atoms with Crippen LogP contribution in [0, 0.1) is 5.92 Å². The van der Waals surface area contributed by atoms with Crippen LogP contribution in [0.3, 0.4) is 0 Å². The quantitative estimate of drug-likeness (QED) is 0.844. The highest BCUT2D eigenvalue weighted by atomic mass is 16.5. The molecule has 4 nitrogen and oxygen atoms in total. The summed E-state index contributed by atoms with van der Waals surface area (Å²) in [5.41, 5.74) is 0.799. The first-order valence-electron chi connectivity index (χ1n) is 5.56. The molecule has 2 atom stereocenters. The first kappa shape index (κ1) is 11.4. The lowest BCUT2D eigenvalue weighted by Crippen LogP contribution is -2.24. The molecule has 1 aliphatic heterocycles. The summed E-state index contributed by atoms with van der Waals surface area (Å²) in [6, 6.07) is 1.80. The zero-order valence-corrected chi connectivity index (χ0v) is 9.43. The highest BCUT2D eigenvalue weighted by Gasteiger charge is 2.25. The Bertz CT molecular complexity index is 337. The van der Waals surface area contributed by atoms with Gasteiger partial charge in [-0.25, -0.2) is 0 Å². The third kappa shape index (κ3) is 2.33. The van der Waals surface area contributed by atoms with Crippen LogP contribution < -0.4 is 4.74 Å². The van der Waals surface area contributed by atoms with Crippen LogP contribution in [0.25, 0.3) is 0 Å². The van der Waals surface area contributed by atoms with E-state index in [2.05, 4.69) is 4.98 Å². The molecule has 1 aromatic rings. The molecule has 1 aromatic heterocycles. The molecule has 16 heavy (non-hydrogen) atoms. The van der Waals surface area contributed by atoms with Gasteiger partial charge in [0.05, 0.1) is 26.0 Å². The summed E-state index contributed by atoms with van der Waals surface area (Å²) in [5.74, 6) is 0.797. The molecular formula is C12H17NO3. The van der Waals surface area contributed by atoms with Gasteiger partial charge in [-0.2, -0.15) is 0 Å². The second-order valence-electron chi connectivity index (χ2n) is 4.04. The first-order chi connectivity index (χ1) is 7.83. The molecule has 1 N–H and O–H groups in total. The van der Waals surface area contributed by atoms with Crippen molar-refractivity contribution in [1.82, 2.24) is 4.98 Å². The number of aromatic nitrogens is 1. The van der Waals surface area contributed by atoms with Crippen molar-refractivity contribution in [1.29, 1.82) is 0 Å². The lowest BCUT2D eigenvalue weighted by molar-refractivity contribution is -0.0107. The van der Waals surface area contributed by atoms with E-state index >= 15 is 0 Å². The minimum absolute atomic E-state index is 0.157. The fourth-order valence-electron chi connectivity index (χ4n) is 2.07. The van der Waals surface area contributed by atoms with Crippen molar-refractivity contribution in [3.05, 3.63) is 24.0 Å². The molecule has 0 spiro atoms. The number of ether oxygens (including phenoxy) is 2. The lowest BCUT2D eigenvalue weighted by Gasteiger charge is -2.27. The van der Waals surface area contributed by atoms with Crippen molar-refractivity contribution in [2.75, 3.05) is 20.3 Å². The van der Waals surface area contributed by atoms with Crippen LogP contribution in [-0.2, 0) is 4.74 Å². The van der Waals surface area contributed by atoms with Crippen molar-refractivity contribution >= 4 is 0 Å². The van der Waals surface area contributed by atoms with E-state index in [1.165, 1.54) is 0 Å². The van der Waals surface area contributed by atoms with E-state index in [9.17, 15) is 5.11 Å². The Hall–Kier alpha value is -1.13. The van der Waals surface area contributed by atoms with Gasteiger partial charge in [0.1, 0.15) is 5.75 Å². The predicted octanol–water partition coefficient (Wildman–Crippen LogP) is 1.55. The maximum atomic E-state index is 10.3. The molecule has 0 bridgehead atoms. The summed E-state index contributed by atoms with van der Waals surface area (Å²) < 4.78 is 10.6. The number of hydrogen-bond acceptors (Lipinski definition) is 4. The standard InChI is InChI=1S/C12H17NO3/c1-15-11-7-13-5-4-10(11)12(14)9-3-2-6-16-8-9/h4-5,7,9,12,14H,2-3,6,8H2,1H3. The molecule has 2 rings (SSSR count). The predicted molar refractivity (Wildman–Crippen MR) is 59.3 cm³/mol. The molecule has 0 aliphatic carbocycles. The SMILES string of the molecule is COc1cnccc1C(O)C1CCCOC1. The summed E-state index contributed by atoms with van der Waals surface area (Å²) in [6.45, 7) is 1.42. The summed E-state index contributed by atoms with van der Waals surface area (Å²) in [6.07, 6.45) is 4.77. The second-order valence-corrected chi connectivity index (χ2v) is 4.04. The van der Waals surface area contributed by atoms with Crippen molar-refractivity contribution in [2.45, 2.75) is 18.9 Å². The molecular weight excluding hydrogens is 206 g/mol. The number of nitrogens with zero attached hydrogens (tertiary/aromatic N) is 1. The van der Waals surface area contributed by atoms with Gasteiger partial charge in [-0.15, -0.1) is 0 Å². The lowest BCUT2D eigenvalue weighted by atomic mass is 9.91. The number of aliphatic hydroxyl groups is 1. The Kier molecular flexibility index (Phi) is 3.74. The van der Waals surface area contributed by atoms with Gasteiger partial charge in [-0.1, -0.05) is 0 Å². The van der Waals surface area contributed by atoms with Crippen LogP contribution in [0.15, 0.2) is 18.5 Å². The minimum Gasteiger partial charge on any atom is -0.495 e. The minimum atomic E-state index is -0.529. The smallest absolute Gasteiger partial charge is 0.142 e. The van der Waals surface area contributed by atoms with Gasteiger partial charge in [0.25, 0.3) is 0 Å². The summed E-state index contributed by atoms with van der Waals surface area (Å²) in [5, 5.41) is 10.3. The summed E-state index contributed by atoms with van der Waals surface area (Å²) >= 11 is 0. The van der Waals surface area contributed by atoms with Gasteiger partial charge in [-0.3, -0.25) is 4.98 Å². The monoisotopic (exact) mass is 223 g/mol. The number of rotatable bonds is 3. The van der Waals surface area contributed by atoms with E-state index in [1.807, 2.05) is 0 Å². The molecule has 1 fully saturated rings. The average Bonchev–Trinajstić information content (AvgIpc) is 2.39. The molecule has 0 saturated carbocycles. The van der Waals surface area contributed by atoms with Gasteiger partial charge in [-0.05, 0) is 18.9 Å². The van der Waals surface area contributed by atoms with E-state index in [1.54, 1.807) is 25.6 Å². The average molecular weight is 223 g/mol. The Labute approximate surface area is 95.2 Å². The molecule has 4 heteroatoms. The third-order valence-electron chi connectivity index (χ3n) is 3.00. The van der Waals surface area contributed by atoms with E-state index in [4.69, 9.17) is 9.47 Å². The molecule has 0 aromatic carbocycles. The van der Waals surface area contributed by atoms with E-state index < -0.39 is 6.10 Å². The maximum absolute atomic E-state index is 10.3. The van der Waals surface area contributed by atoms with Crippen molar-refractivity contribution in [3.63, 3.8) is 0 Å². The van der Waals surface area contributed by atoms with Crippen molar-refractivity contribution in [2.24, 2.45) is 5.92 Å².